The minimum Gasteiger partial charge on any atom is -0.478 e. The van der Waals surface area contributed by atoms with Crippen molar-refractivity contribution in [1.29, 1.82) is 0 Å². The lowest BCUT2D eigenvalue weighted by atomic mass is 9.55. The van der Waals surface area contributed by atoms with Gasteiger partial charge in [0, 0.05) is 32.2 Å². The Bertz CT molecular complexity index is 626. The molecular formula is C18H26N2O4. The molecule has 1 aliphatic rings. The van der Waals surface area contributed by atoms with Gasteiger partial charge in [-0.1, -0.05) is 26.0 Å². The molecule has 0 radical (unpaired) electrons. The first-order chi connectivity index (χ1) is 11.1. The van der Waals surface area contributed by atoms with Gasteiger partial charge in [-0.05, 0) is 31.0 Å². The molecule has 2 atom stereocenters. The van der Waals surface area contributed by atoms with Crippen LogP contribution in [0.1, 0.15) is 43.1 Å². The number of methoxy groups -OCH3 is 1. The van der Waals surface area contributed by atoms with E-state index in [2.05, 4.69) is 26.1 Å². The smallest absolute Gasteiger partial charge is 0.335 e. The number of aromatic carboxylic acids is 1. The third kappa shape index (κ3) is 3.11. The van der Waals surface area contributed by atoms with E-state index in [1.807, 2.05) is 0 Å². The fourth-order valence-electron chi connectivity index (χ4n) is 3.29. The number of urea groups is 1. The van der Waals surface area contributed by atoms with E-state index in [0.717, 1.165) is 12.0 Å². The predicted molar refractivity (Wildman–Crippen MR) is 91.0 cm³/mol. The Morgan fingerprint density at radius 2 is 1.88 bits per heavy atom. The van der Waals surface area contributed by atoms with Gasteiger partial charge in [0.05, 0.1) is 11.2 Å². The maximum atomic E-state index is 12.4. The van der Waals surface area contributed by atoms with Gasteiger partial charge in [0.15, 0.2) is 0 Å². The lowest BCUT2D eigenvalue weighted by Crippen LogP contribution is -2.69. The van der Waals surface area contributed by atoms with Crippen LogP contribution in [-0.2, 0) is 11.3 Å². The largest absolute Gasteiger partial charge is 0.478 e. The molecule has 2 unspecified atom stereocenters. The Morgan fingerprint density at radius 3 is 2.33 bits per heavy atom. The molecule has 2 amide bonds. The van der Waals surface area contributed by atoms with Gasteiger partial charge in [-0.3, -0.25) is 0 Å². The molecule has 6 nitrogen and oxygen atoms in total. The van der Waals surface area contributed by atoms with E-state index in [9.17, 15) is 9.59 Å². The molecule has 0 saturated heterocycles. The molecular weight excluding hydrogens is 308 g/mol. The highest BCUT2D eigenvalue weighted by Gasteiger charge is 2.59. The molecule has 0 aromatic heterocycles. The Kier molecular flexibility index (Phi) is 4.90. The quantitative estimate of drug-likeness (QED) is 0.868. The van der Waals surface area contributed by atoms with Crippen molar-refractivity contribution in [3.05, 3.63) is 35.4 Å². The highest BCUT2D eigenvalue weighted by Crippen LogP contribution is 2.53. The maximum Gasteiger partial charge on any atom is 0.335 e. The number of amides is 2. The number of carbonyl (C=O) groups is 2. The molecule has 1 fully saturated rings. The van der Waals surface area contributed by atoms with Crippen molar-refractivity contribution < 1.29 is 19.4 Å². The highest BCUT2D eigenvalue weighted by molar-refractivity contribution is 5.87. The van der Waals surface area contributed by atoms with Crippen molar-refractivity contribution in [3.8, 4) is 0 Å². The molecule has 24 heavy (non-hydrogen) atoms. The molecule has 0 heterocycles. The van der Waals surface area contributed by atoms with Crippen LogP contribution in [0.4, 0.5) is 4.79 Å². The SMILES string of the molecule is COC1(C)CC(N(C)C(=O)NCc2ccc(C(=O)O)cc2)C1(C)C. The van der Waals surface area contributed by atoms with E-state index in [-0.39, 0.29) is 28.7 Å². The van der Waals surface area contributed by atoms with Gasteiger partial charge in [0.1, 0.15) is 0 Å². The number of nitrogens with zero attached hydrogens (tertiary/aromatic N) is 1. The number of carboxylic acid groups (broad SMARTS) is 1. The third-order valence-corrected chi connectivity index (χ3v) is 5.66. The molecule has 0 aliphatic heterocycles. The molecule has 1 aliphatic carbocycles. The first-order valence-electron chi connectivity index (χ1n) is 8.00. The summed E-state index contributed by atoms with van der Waals surface area (Å²) in [7, 11) is 3.50. The second-order valence-electron chi connectivity index (χ2n) is 7.15. The van der Waals surface area contributed by atoms with Crippen LogP contribution in [0.5, 0.6) is 0 Å². The van der Waals surface area contributed by atoms with Crippen LogP contribution in [0.15, 0.2) is 24.3 Å². The van der Waals surface area contributed by atoms with Gasteiger partial charge in [-0.25, -0.2) is 9.59 Å². The molecule has 2 rings (SSSR count). The predicted octanol–water partition coefficient (Wildman–Crippen LogP) is 2.73. The molecule has 1 aromatic carbocycles. The fraction of sp³-hybridized carbons (Fsp3) is 0.556. The van der Waals surface area contributed by atoms with Crippen LogP contribution >= 0.6 is 0 Å². The van der Waals surface area contributed by atoms with Crippen molar-refractivity contribution in [2.75, 3.05) is 14.2 Å². The van der Waals surface area contributed by atoms with Crippen LogP contribution < -0.4 is 5.32 Å². The summed E-state index contributed by atoms with van der Waals surface area (Å²) in [6, 6.07) is 6.45. The van der Waals surface area contributed by atoms with Crippen molar-refractivity contribution >= 4 is 12.0 Å². The molecule has 1 saturated carbocycles. The van der Waals surface area contributed by atoms with E-state index in [4.69, 9.17) is 9.84 Å². The molecule has 1 aromatic rings. The van der Waals surface area contributed by atoms with Gasteiger partial charge in [-0.2, -0.15) is 0 Å². The third-order valence-electron chi connectivity index (χ3n) is 5.66. The molecule has 2 N–H and O–H groups in total. The van der Waals surface area contributed by atoms with Gasteiger partial charge in [0.25, 0.3) is 0 Å². The van der Waals surface area contributed by atoms with Crippen LogP contribution in [-0.4, -0.2) is 47.8 Å². The molecule has 132 valence electrons. The summed E-state index contributed by atoms with van der Waals surface area (Å²) in [4.78, 5) is 25.0. The second kappa shape index (κ2) is 6.43. The molecule has 0 spiro atoms. The van der Waals surface area contributed by atoms with Crippen molar-refractivity contribution in [3.63, 3.8) is 0 Å². The Labute approximate surface area is 142 Å². The summed E-state index contributed by atoms with van der Waals surface area (Å²) in [5.41, 5.74) is 0.740. The fourth-order valence-corrected chi connectivity index (χ4v) is 3.29. The zero-order valence-corrected chi connectivity index (χ0v) is 14.9. The van der Waals surface area contributed by atoms with Crippen LogP contribution in [0, 0.1) is 5.41 Å². The average Bonchev–Trinajstić information content (AvgIpc) is 2.56. The average molecular weight is 334 g/mol. The Balaban J connectivity index is 1.92. The zero-order valence-electron chi connectivity index (χ0n) is 14.9. The number of hydrogen-bond donors (Lipinski definition) is 2. The molecule has 0 bridgehead atoms. The van der Waals surface area contributed by atoms with Gasteiger partial charge < -0.3 is 20.1 Å². The monoisotopic (exact) mass is 334 g/mol. The van der Waals surface area contributed by atoms with Crippen molar-refractivity contribution in [2.24, 2.45) is 5.41 Å². The molecule has 6 heteroatoms. The first-order valence-corrected chi connectivity index (χ1v) is 8.00. The van der Waals surface area contributed by atoms with Gasteiger partial charge >= 0.3 is 12.0 Å². The standard InChI is InChI=1S/C18H26N2O4/c1-17(2)14(10-18(17,3)24-5)20(4)16(23)19-11-12-6-8-13(9-7-12)15(21)22/h6-9,14H,10-11H2,1-5H3,(H,19,23)(H,21,22). The maximum absolute atomic E-state index is 12.4. The lowest BCUT2D eigenvalue weighted by molar-refractivity contribution is -0.198. The number of benzene rings is 1. The normalized spacial score (nSPS) is 24.8. The number of carbonyl (C=O) groups excluding carboxylic acids is 1. The zero-order chi connectivity index (χ0) is 18.1. The Morgan fingerprint density at radius 1 is 1.29 bits per heavy atom. The van der Waals surface area contributed by atoms with Gasteiger partial charge in [0.2, 0.25) is 0 Å². The van der Waals surface area contributed by atoms with E-state index in [1.165, 1.54) is 12.1 Å². The summed E-state index contributed by atoms with van der Waals surface area (Å²) in [6.45, 7) is 6.65. The summed E-state index contributed by atoms with van der Waals surface area (Å²) in [5, 5.41) is 11.8. The minimum atomic E-state index is -0.960. The van der Waals surface area contributed by atoms with Crippen molar-refractivity contribution in [1.82, 2.24) is 10.2 Å². The number of hydrogen-bond acceptors (Lipinski definition) is 3. The van der Waals surface area contributed by atoms with E-state index < -0.39 is 5.97 Å². The number of carboxylic acids is 1. The number of nitrogens with one attached hydrogen (secondary N) is 1. The van der Waals surface area contributed by atoms with Crippen molar-refractivity contribution in [2.45, 2.75) is 45.4 Å². The summed E-state index contributed by atoms with van der Waals surface area (Å²) >= 11 is 0. The van der Waals surface area contributed by atoms with E-state index >= 15 is 0 Å². The number of rotatable bonds is 5. The Hall–Kier alpha value is -2.08. The first kappa shape index (κ1) is 18.3. The summed E-state index contributed by atoms with van der Waals surface area (Å²) in [5.74, 6) is -0.960. The topological polar surface area (TPSA) is 78.9 Å². The number of ether oxygens (including phenoxy) is 1. The van der Waals surface area contributed by atoms with Gasteiger partial charge in [-0.15, -0.1) is 0 Å². The summed E-state index contributed by atoms with van der Waals surface area (Å²) < 4.78 is 5.60. The van der Waals surface area contributed by atoms with E-state index in [0.29, 0.717) is 6.54 Å². The minimum absolute atomic E-state index is 0.108. The highest BCUT2D eigenvalue weighted by atomic mass is 16.5. The van der Waals surface area contributed by atoms with Crippen LogP contribution in [0.3, 0.4) is 0 Å². The van der Waals surface area contributed by atoms with Crippen LogP contribution in [0.2, 0.25) is 0 Å². The van der Waals surface area contributed by atoms with Crippen LogP contribution in [0.25, 0.3) is 0 Å². The lowest BCUT2D eigenvalue weighted by Gasteiger charge is -2.61. The second-order valence-corrected chi connectivity index (χ2v) is 7.15. The summed E-state index contributed by atoms with van der Waals surface area (Å²) in [6.07, 6.45) is 0.799. The van der Waals surface area contributed by atoms with E-state index in [1.54, 1.807) is 31.2 Å².